The Kier molecular flexibility index (Phi) is 6.38. The number of hydrogen-bond acceptors (Lipinski definition) is 5. The zero-order valence-electron chi connectivity index (χ0n) is 17.5. The Morgan fingerprint density at radius 2 is 1.72 bits per heavy atom. The third-order valence-corrected chi connectivity index (χ3v) is 5.52. The van der Waals surface area contributed by atoms with Gasteiger partial charge in [0.15, 0.2) is 0 Å². The van der Waals surface area contributed by atoms with Gasteiger partial charge in [0, 0.05) is 13.0 Å². The highest BCUT2D eigenvalue weighted by molar-refractivity contribution is 5.92. The topological polar surface area (TPSA) is 61.8 Å². The van der Waals surface area contributed by atoms with E-state index in [4.69, 9.17) is 14.2 Å². The van der Waals surface area contributed by atoms with Gasteiger partial charge in [-0.25, -0.2) is 9.59 Å². The van der Waals surface area contributed by atoms with Crippen LogP contribution in [-0.4, -0.2) is 32.3 Å². The van der Waals surface area contributed by atoms with Crippen molar-refractivity contribution < 1.29 is 23.8 Å². The van der Waals surface area contributed by atoms with E-state index in [1.165, 1.54) is 5.56 Å². The highest BCUT2D eigenvalue weighted by Gasteiger charge is 2.33. The summed E-state index contributed by atoms with van der Waals surface area (Å²) in [6.07, 6.45) is 2.12. The molecule has 0 aromatic heterocycles. The number of ether oxygens (including phenoxy) is 3. The molecule has 0 spiro atoms. The first-order valence-corrected chi connectivity index (χ1v) is 9.98. The smallest absolute Gasteiger partial charge is 0.343 e. The van der Waals surface area contributed by atoms with E-state index in [-0.39, 0.29) is 11.3 Å². The number of rotatable bonds is 6. The van der Waals surface area contributed by atoms with Gasteiger partial charge in [-0.1, -0.05) is 19.9 Å². The molecule has 0 amide bonds. The summed E-state index contributed by atoms with van der Waals surface area (Å²) in [6.45, 7) is 7.17. The standard InChI is InChI=1S/C24H28O5/c1-5-28-22(25)16-6-9-19(10-7-16)29-23(26)17-8-11-21-20(14-17)18(15-27-4)12-13-24(21,2)3/h6-11,14,18H,5,12-13,15H2,1-4H3. The molecular weight excluding hydrogens is 368 g/mol. The molecule has 0 saturated carbocycles. The Labute approximate surface area is 172 Å². The first kappa shape index (κ1) is 21.1. The monoisotopic (exact) mass is 396 g/mol. The molecule has 0 saturated heterocycles. The Bertz CT molecular complexity index is 883. The van der Waals surface area contributed by atoms with E-state index >= 15 is 0 Å². The summed E-state index contributed by atoms with van der Waals surface area (Å²) >= 11 is 0. The molecule has 1 aliphatic carbocycles. The molecule has 1 atom stereocenters. The van der Waals surface area contributed by atoms with Crippen molar-refractivity contribution in [1.82, 2.24) is 0 Å². The second-order valence-corrected chi connectivity index (χ2v) is 8.01. The largest absolute Gasteiger partial charge is 0.462 e. The molecule has 2 aromatic carbocycles. The lowest BCUT2D eigenvalue weighted by atomic mass is 9.68. The molecule has 0 N–H and O–H groups in total. The minimum atomic E-state index is -0.420. The zero-order valence-corrected chi connectivity index (χ0v) is 17.5. The van der Waals surface area contributed by atoms with Crippen LogP contribution in [0.2, 0.25) is 0 Å². The Balaban J connectivity index is 1.79. The number of hydrogen-bond donors (Lipinski definition) is 0. The maximum Gasteiger partial charge on any atom is 0.343 e. The van der Waals surface area contributed by atoms with E-state index in [0.717, 1.165) is 18.4 Å². The molecule has 154 valence electrons. The molecule has 1 aliphatic rings. The average molecular weight is 396 g/mol. The maximum atomic E-state index is 12.7. The molecule has 1 unspecified atom stereocenters. The van der Waals surface area contributed by atoms with Crippen LogP contribution in [0.25, 0.3) is 0 Å². The fraction of sp³-hybridized carbons (Fsp3) is 0.417. The second-order valence-electron chi connectivity index (χ2n) is 8.01. The van der Waals surface area contributed by atoms with Crippen LogP contribution >= 0.6 is 0 Å². The van der Waals surface area contributed by atoms with Gasteiger partial charge in [-0.3, -0.25) is 0 Å². The maximum absolute atomic E-state index is 12.7. The predicted molar refractivity (Wildman–Crippen MR) is 111 cm³/mol. The van der Waals surface area contributed by atoms with Gasteiger partial charge in [0.05, 0.1) is 24.3 Å². The van der Waals surface area contributed by atoms with Crippen molar-refractivity contribution in [2.24, 2.45) is 0 Å². The van der Waals surface area contributed by atoms with Gasteiger partial charge in [0.1, 0.15) is 5.75 Å². The summed E-state index contributed by atoms with van der Waals surface area (Å²) in [6, 6.07) is 12.2. The van der Waals surface area contributed by atoms with E-state index in [0.29, 0.717) is 30.1 Å². The first-order valence-electron chi connectivity index (χ1n) is 9.98. The third-order valence-electron chi connectivity index (χ3n) is 5.52. The lowest BCUT2D eigenvalue weighted by Gasteiger charge is -2.37. The molecule has 0 bridgehead atoms. The summed E-state index contributed by atoms with van der Waals surface area (Å²) in [5, 5.41) is 0. The second kappa shape index (κ2) is 8.78. The molecule has 0 heterocycles. The van der Waals surface area contributed by atoms with Gasteiger partial charge in [-0.05, 0) is 72.7 Å². The number of methoxy groups -OCH3 is 1. The van der Waals surface area contributed by atoms with Crippen molar-refractivity contribution in [3.63, 3.8) is 0 Å². The number of carbonyl (C=O) groups is 2. The quantitative estimate of drug-likeness (QED) is 0.514. The van der Waals surface area contributed by atoms with Crippen LogP contribution in [0.1, 0.15) is 71.4 Å². The minimum Gasteiger partial charge on any atom is -0.462 e. The Morgan fingerprint density at radius 1 is 1.03 bits per heavy atom. The van der Waals surface area contributed by atoms with Crippen molar-refractivity contribution in [2.45, 2.75) is 44.9 Å². The summed E-state index contributed by atoms with van der Waals surface area (Å²) in [7, 11) is 1.71. The van der Waals surface area contributed by atoms with E-state index in [2.05, 4.69) is 13.8 Å². The van der Waals surface area contributed by atoms with Crippen LogP contribution in [-0.2, 0) is 14.9 Å². The molecule has 0 aliphatic heterocycles. The Hall–Kier alpha value is -2.66. The van der Waals surface area contributed by atoms with Crippen LogP contribution in [0.4, 0.5) is 0 Å². The van der Waals surface area contributed by atoms with Crippen LogP contribution in [0, 0.1) is 0 Å². The van der Waals surface area contributed by atoms with Crippen LogP contribution in [0.5, 0.6) is 5.75 Å². The average Bonchev–Trinajstić information content (AvgIpc) is 2.70. The zero-order chi connectivity index (χ0) is 21.0. The van der Waals surface area contributed by atoms with Crippen molar-refractivity contribution >= 4 is 11.9 Å². The van der Waals surface area contributed by atoms with Gasteiger partial charge >= 0.3 is 11.9 Å². The van der Waals surface area contributed by atoms with Gasteiger partial charge in [-0.15, -0.1) is 0 Å². The number of esters is 2. The molecule has 5 nitrogen and oxygen atoms in total. The van der Waals surface area contributed by atoms with Gasteiger partial charge in [0.2, 0.25) is 0 Å². The molecule has 5 heteroatoms. The van der Waals surface area contributed by atoms with E-state index in [9.17, 15) is 9.59 Å². The lowest BCUT2D eigenvalue weighted by Crippen LogP contribution is -2.28. The highest BCUT2D eigenvalue weighted by atomic mass is 16.5. The highest BCUT2D eigenvalue weighted by Crippen LogP contribution is 2.43. The van der Waals surface area contributed by atoms with E-state index in [1.807, 2.05) is 18.2 Å². The van der Waals surface area contributed by atoms with E-state index < -0.39 is 11.9 Å². The summed E-state index contributed by atoms with van der Waals surface area (Å²) in [5.41, 5.74) is 3.43. The van der Waals surface area contributed by atoms with Crippen LogP contribution in [0.15, 0.2) is 42.5 Å². The Morgan fingerprint density at radius 3 is 2.38 bits per heavy atom. The lowest BCUT2D eigenvalue weighted by molar-refractivity contribution is 0.0526. The molecule has 2 aromatic rings. The molecule has 29 heavy (non-hydrogen) atoms. The van der Waals surface area contributed by atoms with Gasteiger partial charge in [-0.2, -0.15) is 0 Å². The van der Waals surface area contributed by atoms with E-state index in [1.54, 1.807) is 38.3 Å². The first-order chi connectivity index (χ1) is 13.9. The van der Waals surface area contributed by atoms with Crippen molar-refractivity contribution in [1.29, 1.82) is 0 Å². The van der Waals surface area contributed by atoms with Crippen molar-refractivity contribution in [2.75, 3.05) is 20.3 Å². The van der Waals surface area contributed by atoms with Gasteiger partial charge in [0.25, 0.3) is 0 Å². The summed E-state index contributed by atoms with van der Waals surface area (Å²) in [4.78, 5) is 24.4. The molecular formula is C24H28O5. The van der Waals surface area contributed by atoms with Crippen molar-refractivity contribution in [3.05, 3.63) is 64.7 Å². The van der Waals surface area contributed by atoms with Crippen LogP contribution in [0.3, 0.4) is 0 Å². The normalized spacial score (nSPS) is 17.3. The molecule has 3 rings (SSSR count). The van der Waals surface area contributed by atoms with Crippen molar-refractivity contribution in [3.8, 4) is 5.75 Å². The number of benzene rings is 2. The van der Waals surface area contributed by atoms with Gasteiger partial charge < -0.3 is 14.2 Å². The van der Waals surface area contributed by atoms with Crippen LogP contribution < -0.4 is 4.74 Å². The SMILES string of the molecule is CCOC(=O)c1ccc(OC(=O)c2ccc3c(c2)C(COC)CCC3(C)C)cc1. The summed E-state index contributed by atoms with van der Waals surface area (Å²) in [5.74, 6) is -0.155. The number of fused-ring (bicyclic) bond motifs is 1. The third kappa shape index (κ3) is 4.67. The fourth-order valence-corrected chi connectivity index (χ4v) is 3.88. The fourth-order valence-electron chi connectivity index (χ4n) is 3.88. The summed E-state index contributed by atoms with van der Waals surface area (Å²) < 4.78 is 15.9. The number of carbonyl (C=O) groups excluding carboxylic acids is 2. The molecule has 0 fully saturated rings. The predicted octanol–water partition coefficient (Wildman–Crippen LogP) is 4.88. The molecule has 0 radical (unpaired) electrons. The minimum absolute atomic E-state index is 0.0743.